The minimum atomic E-state index is -0.452. The molecule has 2 rings (SSSR count). The van der Waals surface area contributed by atoms with Crippen LogP contribution in [0.4, 0.5) is 11.4 Å². The van der Waals surface area contributed by atoms with Crippen molar-refractivity contribution in [3.05, 3.63) is 69.2 Å². The number of anilines is 1. The highest BCUT2D eigenvalue weighted by molar-refractivity contribution is 6.31. The Morgan fingerprint density at radius 2 is 1.95 bits per heavy atom. The lowest BCUT2D eigenvalue weighted by molar-refractivity contribution is -0.384. The summed E-state index contributed by atoms with van der Waals surface area (Å²) in [6.07, 6.45) is 0. The number of nitrogens with one attached hydrogen (secondary N) is 1. The summed E-state index contributed by atoms with van der Waals surface area (Å²) in [4.78, 5) is 10.5. The maximum absolute atomic E-state index is 10.9. The Kier molecular flexibility index (Phi) is 4.55. The summed E-state index contributed by atoms with van der Waals surface area (Å²) in [5, 5.41) is 14.4. The molecule has 0 amide bonds. The van der Waals surface area contributed by atoms with Crippen molar-refractivity contribution in [3.8, 4) is 0 Å². The van der Waals surface area contributed by atoms with E-state index in [1.165, 1.54) is 18.2 Å². The molecule has 0 heterocycles. The lowest BCUT2D eigenvalue weighted by atomic mass is 10.1. The summed E-state index contributed by atoms with van der Waals surface area (Å²) in [5.41, 5.74) is 7.35. The van der Waals surface area contributed by atoms with Crippen LogP contribution in [0.1, 0.15) is 11.6 Å². The fraction of sp³-hybridized carbons (Fsp3) is 0.143. The zero-order chi connectivity index (χ0) is 14.5. The molecule has 0 aliphatic heterocycles. The molecule has 0 bridgehead atoms. The van der Waals surface area contributed by atoms with E-state index in [0.717, 1.165) is 5.56 Å². The zero-order valence-electron chi connectivity index (χ0n) is 10.6. The highest BCUT2D eigenvalue weighted by Gasteiger charge is 2.14. The van der Waals surface area contributed by atoms with Gasteiger partial charge in [-0.3, -0.25) is 10.1 Å². The quantitative estimate of drug-likeness (QED) is 0.654. The summed E-state index contributed by atoms with van der Waals surface area (Å²) < 4.78 is 0. The average Bonchev–Trinajstić information content (AvgIpc) is 2.45. The summed E-state index contributed by atoms with van der Waals surface area (Å²) in [7, 11) is 0. The number of hydrogen-bond donors (Lipinski definition) is 2. The highest BCUT2D eigenvalue weighted by Crippen LogP contribution is 2.28. The van der Waals surface area contributed by atoms with E-state index in [0.29, 0.717) is 17.3 Å². The van der Waals surface area contributed by atoms with Crippen LogP contribution in [0, 0.1) is 10.1 Å². The van der Waals surface area contributed by atoms with Crippen molar-refractivity contribution in [2.75, 3.05) is 11.9 Å². The molecular formula is C14H14ClN3O2. The molecule has 0 aromatic heterocycles. The van der Waals surface area contributed by atoms with Crippen molar-refractivity contribution in [2.45, 2.75) is 6.04 Å². The van der Waals surface area contributed by atoms with E-state index in [1.54, 1.807) is 0 Å². The van der Waals surface area contributed by atoms with Gasteiger partial charge in [-0.2, -0.15) is 0 Å². The van der Waals surface area contributed by atoms with Crippen LogP contribution in [-0.4, -0.2) is 11.5 Å². The molecule has 20 heavy (non-hydrogen) atoms. The van der Waals surface area contributed by atoms with Crippen LogP contribution >= 0.6 is 11.6 Å². The molecule has 0 saturated carbocycles. The molecule has 0 aliphatic carbocycles. The first-order valence-corrected chi connectivity index (χ1v) is 6.44. The predicted molar refractivity (Wildman–Crippen MR) is 80.0 cm³/mol. The van der Waals surface area contributed by atoms with Gasteiger partial charge in [0.15, 0.2) is 0 Å². The first kappa shape index (κ1) is 14.3. The number of nitrogens with zero attached hydrogens (tertiary/aromatic N) is 1. The fourth-order valence-electron chi connectivity index (χ4n) is 1.85. The number of nitro groups is 1. The van der Waals surface area contributed by atoms with Gasteiger partial charge in [0.05, 0.1) is 4.92 Å². The van der Waals surface area contributed by atoms with Crippen LogP contribution in [0.25, 0.3) is 0 Å². The number of halogens is 1. The van der Waals surface area contributed by atoms with E-state index in [2.05, 4.69) is 5.32 Å². The molecular weight excluding hydrogens is 278 g/mol. The summed E-state index contributed by atoms with van der Waals surface area (Å²) in [6.45, 7) is 0.380. The molecule has 6 heteroatoms. The van der Waals surface area contributed by atoms with Crippen LogP contribution in [0.15, 0.2) is 48.5 Å². The van der Waals surface area contributed by atoms with E-state index in [-0.39, 0.29) is 11.7 Å². The van der Waals surface area contributed by atoms with Crippen LogP contribution < -0.4 is 11.1 Å². The van der Waals surface area contributed by atoms with E-state index < -0.39 is 4.92 Å². The molecule has 3 N–H and O–H groups in total. The Labute approximate surface area is 121 Å². The minimum Gasteiger partial charge on any atom is -0.378 e. The van der Waals surface area contributed by atoms with Crippen LogP contribution in [0.2, 0.25) is 5.02 Å². The number of hydrogen-bond acceptors (Lipinski definition) is 4. The van der Waals surface area contributed by atoms with Gasteiger partial charge in [0.25, 0.3) is 5.69 Å². The summed E-state index contributed by atoms with van der Waals surface area (Å²) >= 11 is 5.86. The Morgan fingerprint density at radius 1 is 1.25 bits per heavy atom. The zero-order valence-corrected chi connectivity index (χ0v) is 11.4. The topological polar surface area (TPSA) is 81.2 Å². The Bertz CT molecular complexity index is 605. The van der Waals surface area contributed by atoms with Gasteiger partial charge >= 0.3 is 0 Å². The third kappa shape index (κ3) is 3.46. The molecule has 1 atom stereocenters. The molecule has 2 aromatic carbocycles. The van der Waals surface area contributed by atoms with Gasteiger partial charge < -0.3 is 11.1 Å². The second kappa shape index (κ2) is 6.36. The van der Waals surface area contributed by atoms with Gasteiger partial charge in [0.2, 0.25) is 0 Å². The summed E-state index contributed by atoms with van der Waals surface area (Å²) in [6, 6.07) is 13.7. The molecule has 0 aliphatic rings. The maximum atomic E-state index is 10.9. The summed E-state index contributed by atoms with van der Waals surface area (Å²) in [5.74, 6) is 0. The lowest BCUT2D eigenvalue weighted by Gasteiger charge is -2.14. The molecule has 104 valence electrons. The second-order valence-corrected chi connectivity index (χ2v) is 4.75. The SMILES string of the molecule is NC(CNc1cc(Cl)ccc1[N+](=O)[O-])c1ccccc1. The lowest BCUT2D eigenvalue weighted by Crippen LogP contribution is -2.20. The molecule has 0 fully saturated rings. The van der Waals surface area contributed by atoms with Crippen molar-refractivity contribution in [1.82, 2.24) is 0 Å². The first-order chi connectivity index (χ1) is 9.58. The van der Waals surface area contributed by atoms with Crippen molar-refractivity contribution < 1.29 is 4.92 Å². The number of rotatable bonds is 5. The molecule has 0 radical (unpaired) electrons. The molecule has 2 aromatic rings. The van der Waals surface area contributed by atoms with E-state index >= 15 is 0 Å². The normalized spacial score (nSPS) is 11.9. The molecule has 0 saturated heterocycles. The molecule has 1 unspecified atom stereocenters. The number of benzene rings is 2. The van der Waals surface area contributed by atoms with Crippen molar-refractivity contribution in [1.29, 1.82) is 0 Å². The standard InChI is InChI=1S/C14H14ClN3O2/c15-11-6-7-14(18(19)20)13(8-11)17-9-12(16)10-4-2-1-3-5-10/h1-8,12,17H,9,16H2. The van der Waals surface area contributed by atoms with Gasteiger partial charge in [-0.15, -0.1) is 0 Å². The number of nitrogens with two attached hydrogens (primary N) is 1. The largest absolute Gasteiger partial charge is 0.378 e. The van der Waals surface area contributed by atoms with Gasteiger partial charge in [0, 0.05) is 23.7 Å². The Hall–Kier alpha value is -2.11. The Balaban J connectivity index is 2.11. The van der Waals surface area contributed by atoms with E-state index in [9.17, 15) is 10.1 Å². The van der Waals surface area contributed by atoms with Gasteiger partial charge in [-0.05, 0) is 17.7 Å². The fourth-order valence-corrected chi connectivity index (χ4v) is 2.02. The van der Waals surface area contributed by atoms with E-state index in [1.807, 2.05) is 30.3 Å². The van der Waals surface area contributed by atoms with Gasteiger partial charge in [0.1, 0.15) is 5.69 Å². The third-order valence-electron chi connectivity index (χ3n) is 2.90. The van der Waals surface area contributed by atoms with Crippen molar-refractivity contribution in [2.24, 2.45) is 5.73 Å². The monoisotopic (exact) mass is 291 g/mol. The first-order valence-electron chi connectivity index (χ1n) is 6.06. The van der Waals surface area contributed by atoms with Crippen LogP contribution in [0.5, 0.6) is 0 Å². The van der Waals surface area contributed by atoms with Crippen LogP contribution in [0.3, 0.4) is 0 Å². The molecule has 0 spiro atoms. The molecule has 5 nitrogen and oxygen atoms in total. The van der Waals surface area contributed by atoms with Crippen molar-refractivity contribution >= 4 is 23.0 Å². The van der Waals surface area contributed by atoms with E-state index in [4.69, 9.17) is 17.3 Å². The highest BCUT2D eigenvalue weighted by atomic mass is 35.5. The van der Waals surface area contributed by atoms with Crippen molar-refractivity contribution in [3.63, 3.8) is 0 Å². The van der Waals surface area contributed by atoms with Crippen LogP contribution in [-0.2, 0) is 0 Å². The average molecular weight is 292 g/mol. The Morgan fingerprint density at radius 3 is 2.60 bits per heavy atom. The maximum Gasteiger partial charge on any atom is 0.292 e. The van der Waals surface area contributed by atoms with Gasteiger partial charge in [-0.1, -0.05) is 41.9 Å². The van der Waals surface area contributed by atoms with Gasteiger partial charge in [-0.25, -0.2) is 0 Å². The number of nitro benzene ring substituents is 1. The third-order valence-corrected chi connectivity index (χ3v) is 3.13. The smallest absolute Gasteiger partial charge is 0.292 e. The predicted octanol–water partition coefficient (Wildman–Crippen LogP) is 3.36. The minimum absolute atomic E-state index is 0.0188. The second-order valence-electron chi connectivity index (χ2n) is 4.32.